The topological polar surface area (TPSA) is 113 Å². The number of hydrogen-bond donors (Lipinski definition) is 2. The fraction of sp³-hybridized carbons (Fsp3) is 0.364. The van der Waals surface area contributed by atoms with Gasteiger partial charge in [-0.25, -0.2) is 0 Å². The fourth-order valence-corrected chi connectivity index (χ4v) is 2.63. The van der Waals surface area contributed by atoms with Gasteiger partial charge in [-0.1, -0.05) is 35.8 Å². The molecular weight excluding hydrogens is 450 g/mol. The van der Waals surface area contributed by atoms with Crippen LogP contribution < -0.4 is 30.3 Å². The van der Waals surface area contributed by atoms with Gasteiger partial charge in [-0.05, 0) is 23.3 Å². The zero-order valence-electron chi connectivity index (χ0n) is 18.1. The van der Waals surface area contributed by atoms with Crippen molar-refractivity contribution < 1.29 is 39.2 Å². The monoisotopic (exact) mass is 476 g/mol. The third-order valence-corrected chi connectivity index (χ3v) is 4.23. The fourth-order valence-electron chi connectivity index (χ4n) is 2.63. The maximum Gasteiger partial charge on any atom is 2.00 e. The number of methoxy groups -OCH3 is 2. The summed E-state index contributed by atoms with van der Waals surface area (Å²) < 4.78 is 10.0. The van der Waals surface area contributed by atoms with Gasteiger partial charge >= 0.3 is 19.5 Å². The van der Waals surface area contributed by atoms with Gasteiger partial charge in [0, 0.05) is 38.6 Å². The van der Waals surface area contributed by atoms with Gasteiger partial charge in [-0.2, -0.15) is 0 Å². The number of rotatable bonds is 13. The minimum absolute atomic E-state index is 0. The molecule has 31 heavy (non-hydrogen) atoms. The second-order valence-electron chi connectivity index (χ2n) is 6.33. The van der Waals surface area contributed by atoms with Crippen molar-refractivity contribution in [2.24, 2.45) is 9.98 Å². The van der Waals surface area contributed by atoms with Crippen LogP contribution in [0.15, 0.2) is 46.4 Å². The average Bonchev–Trinajstić information content (AvgIpc) is 2.76. The van der Waals surface area contributed by atoms with Gasteiger partial charge in [-0.3, -0.25) is 9.98 Å². The van der Waals surface area contributed by atoms with E-state index in [1.165, 1.54) is 14.2 Å². The molecule has 0 radical (unpaired) electrons. The number of ether oxygens (including phenoxy) is 2. The first-order chi connectivity index (χ1) is 14.7. The Balaban J connectivity index is 0.00000480. The molecule has 0 amide bonds. The molecule has 9 heteroatoms. The molecule has 8 nitrogen and oxygen atoms in total. The molecule has 2 aromatic rings. The second-order valence-corrected chi connectivity index (χ2v) is 6.33. The average molecular weight is 478 g/mol. The number of nitrogens with zero attached hydrogens (tertiary/aromatic N) is 2. The van der Waals surface area contributed by atoms with Gasteiger partial charge in [0.25, 0.3) is 0 Å². The van der Waals surface area contributed by atoms with E-state index in [1.54, 1.807) is 48.8 Å². The van der Waals surface area contributed by atoms with E-state index in [0.717, 1.165) is 26.2 Å². The van der Waals surface area contributed by atoms with Crippen LogP contribution >= 0.6 is 0 Å². The van der Waals surface area contributed by atoms with Crippen molar-refractivity contribution in [3.05, 3.63) is 47.5 Å². The van der Waals surface area contributed by atoms with Crippen molar-refractivity contribution in [3.8, 4) is 23.0 Å². The largest absolute Gasteiger partial charge is 2.00 e. The van der Waals surface area contributed by atoms with Gasteiger partial charge in [0.1, 0.15) is 11.5 Å². The van der Waals surface area contributed by atoms with Crippen molar-refractivity contribution in [2.45, 2.75) is 0 Å². The maximum absolute atomic E-state index is 12.0. The Labute approximate surface area is 196 Å². The van der Waals surface area contributed by atoms with Crippen LogP contribution in [0.4, 0.5) is 0 Å². The summed E-state index contributed by atoms with van der Waals surface area (Å²) in [6.45, 7) is 4.20. The number of aliphatic imine (C=N–C) groups is 2. The first-order valence-corrected chi connectivity index (χ1v) is 9.76. The predicted molar refractivity (Wildman–Crippen MR) is 116 cm³/mol. The van der Waals surface area contributed by atoms with Crippen LogP contribution in [0.5, 0.6) is 23.0 Å². The van der Waals surface area contributed by atoms with Crippen molar-refractivity contribution in [3.63, 3.8) is 0 Å². The quantitative estimate of drug-likeness (QED) is 0.248. The molecule has 0 fully saturated rings. The third-order valence-electron chi connectivity index (χ3n) is 4.23. The Morgan fingerprint density at radius 2 is 1.16 bits per heavy atom. The summed E-state index contributed by atoms with van der Waals surface area (Å²) in [7, 11) is 2.95. The van der Waals surface area contributed by atoms with Crippen LogP contribution in [0, 0.1) is 0 Å². The van der Waals surface area contributed by atoms with E-state index < -0.39 is 0 Å². The van der Waals surface area contributed by atoms with Gasteiger partial charge in [0.15, 0.2) is 0 Å². The van der Waals surface area contributed by atoms with Crippen LogP contribution in [0.25, 0.3) is 0 Å². The van der Waals surface area contributed by atoms with Crippen LogP contribution in [0.3, 0.4) is 0 Å². The summed E-state index contributed by atoms with van der Waals surface area (Å²) in [6, 6.07) is 10.3. The molecule has 0 saturated carbocycles. The molecule has 0 bridgehead atoms. The van der Waals surface area contributed by atoms with Crippen molar-refractivity contribution >= 4 is 12.4 Å². The summed E-state index contributed by atoms with van der Waals surface area (Å²) in [4.78, 5) is 8.53. The molecule has 0 saturated heterocycles. The first kappa shape index (κ1) is 26.6. The molecule has 2 rings (SSSR count). The summed E-state index contributed by atoms with van der Waals surface area (Å²) in [5.74, 6) is 0.344. The van der Waals surface area contributed by atoms with Gasteiger partial charge in [0.05, 0.1) is 27.3 Å². The molecule has 0 atom stereocenters. The third kappa shape index (κ3) is 9.04. The molecular formula is C22H28N4O4Zn. The molecule has 162 valence electrons. The van der Waals surface area contributed by atoms with Crippen molar-refractivity contribution in [1.82, 2.24) is 10.6 Å². The molecule has 0 aromatic heterocycles. The van der Waals surface area contributed by atoms with E-state index in [0.29, 0.717) is 35.7 Å². The van der Waals surface area contributed by atoms with Gasteiger partial charge in [0.2, 0.25) is 0 Å². The SMILES string of the molecule is COc1cccc(C=NCCNCCNCCN=Cc2cccc(OC)c2[O-])c1[O-].[Zn+2]. The van der Waals surface area contributed by atoms with E-state index in [4.69, 9.17) is 9.47 Å². The Morgan fingerprint density at radius 1 is 0.742 bits per heavy atom. The molecule has 0 spiro atoms. The molecule has 0 aliphatic carbocycles. The summed E-state index contributed by atoms with van der Waals surface area (Å²) in [5, 5.41) is 30.5. The predicted octanol–water partition coefficient (Wildman–Crippen LogP) is 0.566. The molecule has 0 unspecified atom stereocenters. The van der Waals surface area contributed by atoms with Gasteiger partial charge in [-0.15, -0.1) is 0 Å². The van der Waals surface area contributed by atoms with E-state index in [1.807, 2.05) is 0 Å². The minimum Gasteiger partial charge on any atom is -0.870 e. The van der Waals surface area contributed by atoms with Crippen molar-refractivity contribution in [2.75, 3.05) is 53.5 Å². The summed E-state index contributed by atoms with van der Waals surface area (Å²) in [5.41, 5.74) is 1.05. The molecule has 2 N–H and O–H groups in total. The second kappa shape index (κ2) is 15.3. The Morgan fingerprint density at radius 3 is 1.55 bits per heavy atom. The Hall–Kier alpha value is -2.48. The molecule has 0 aliphatic heterocycles. The minimum atomic E-state index is -0.151. The van der Waals surface area contributed by atoms with Crippen LogP contribution in [0.1, 0.15) is 11.1 Å². The number of nitrogens with one attached hydrogen (secondary N) is 2. The van der Waals surface area contributed by atoms with E-state index >= 15 is 0 Å². The van der Waals surface area contributed by atoms with Crippen LogP contribution in [-0.2, 0) is 19.5 Å². The van der Waals surface area contributed by atoms with E-state index in [9.17, 15) is 10.2 Å². The Kier molecular flexibility index (Phi) is 13.1. The molecule has 0 heterocycles. The first-order valence-electron chi connectivity index (χ1n) is 9.76. The molecule has 2 aromatic carbocycles. The normalized spacial score (nSPS) is 11.0. The van der Waals surface area contributed by atoms with E-state index in [-0.39, 0.29) is 31.0 Å². The van der Waals surface area contributed by atoms with Crippen molar-refractivity contribution in [1.29, 1.82) is 0 Å². The standard InChI is InChI=1S/C22H30N4O4.Zn/c1-29-19-7-3-5-17(21(19)27)15-25-13-11-23-9-10-24-12-14-26-16-18-6-4-8-20(30-2)22(18)28;/h3-8,15-16,23-24,27-28H,9-14H2,1-2H3;/q;+2/p-2. The van der Waals surface area contributed by atoms with Gasteiger partial charge < -0.3 is 30.3 Å². The zero-order valence-corrected chi connectivity index (χ0v) is 21.1. The van der Waals surface area contributed by atoms with Crippen LogP contribution in [0.2, 0.25) is 0 Å². The number of para-hydroxylation sites is 2. The number of benzene rings is 2. The summed E-state index contributed by atoms with van der Waals surface area (Å²) in [6.07, 6.45) is 3.16. The van der Waals surface area contributed by atoms with Crippen LogP contribution in [-0.4, -0.2) is 65.9 Å². The maximum atomic E-state index is 12.0. The van der Waals surface area contributed by atoms with E-state index in [2.05, 4.69) is 20.6 Å². The zero-order chi connectivity index (χ0) is 21.6. The summed E-state index contributed by atoms with van der Waals surface area (Å²) >= 11 is 0. The molecule has 0 aliphatic rings. The Bertz CT molecular complexity index is 777. The number of hydrogen-bond acceptors (Lipinski definition) is 8. The smallest absolute Gasteiger partial charge is 0.870 e.